The van der Waals surface area contributed by atoms with Gasteiger partial charge in [-0.3, -0.25) is 23.0 Å². The summed E-state index contributed by atoms with van der Waals surface area (Å²) in [5.74, 6) is 1.54. The predicted octanol–water partition coefficient (Wildman–Crippen LogP) is -0.790. The predicted molar refractivity (Wildman–Crippen MR) is 93.7 cm³/mol. The van der Waals surface area contributed by atoms with E-state index >= 15 is 0 Å². The Kier molecular flexibility index (Phi) is 5.30. The minimum atomic E-state index is -0.748. The summed E-state index contributed by atoms with van der Waals surface area (Å²) in [4.78, 5) is 26.4. The van der Waals surface area contributed by atoms with Crippen LogP contribution in [0.2, 0.25) is 0 Å². The fourth-order valence-electron chi connectivity index (χ4n) is 2.81. The Balaban J connectivity index is 2.26. The van der Waals surface area contributed by atoms with Gasteiger partial charge in [0.05, 0.1) is 0 Å². The molecule has 0 atom stereocenters. The van der Waals surface area contributed by atoms with Crippen LogP contribution in [-0.2, 0) is 24.9 Å². The third-order valence-electron chi connectivity index (χ3n) is 4.50. The first-order valence-electron chi connectivity index (χ1n) is 7.73. The molecular formula is C15H23N5O3S. The molecule has 8 nitrogen and oxygen atoms in total. The van der Waals surface area contributed by atoms with Crippen LogP contribution in [0.25, 0.3) is 0 Å². The zero-order valence-corrected chi connectivity index (χ0v) is 15.3. The highest BCUT2D eigenvalue weighted by Crippen LogP contribution is 2.18. The SMILES string of the molecule is Cn1c(NCC(C)(C)N2CCS(=O)CC2)c(C#N)c(=O)n(C)c1=O. The smallest absolute Gasteiger partial charge is 0.332 e. The van der Waals surface area contributed by atoms with Gasteiger partial charge in [-0.15, -0.1) is 0 Å². The average Bonchev–Trinajstić information content (AvgIpc) is 2.55. The summed E-state index contributed by atoms with van der Waals surface area (Å²) in [5.41, 5.74) is -1.42. The molecule has 132 valence electrons. The van der Waals surface area contributed by atoms with Crippen molar-refractivity contribution in [1.82, 2.24) is 14.0 Å². The first kappa shape index (κ1) is 18.4. The topological polar surface area (TPSA) is 100 Å². The van der Waals surface area contributed by atoms with E-state index in [9.17, 15) is 19.1 Å². The molecule has 1 aliphatic heterocycles. The van der Waals surface area contributed by atoms with Crippen molar-refractivity contribution in [3.05, 3.63) is 26.4 Å². The molecule has 0 amide bonds. The van der Waals surface area contributed by atoms with Gasteiger partial charge in [0.1, 0.15) is 11.9 Å². The van der Waals surface area contributed by atoms with Crippen LogP contribution >= 0.6 is 0 Å². The third kappa shape index (κ3) is 3.44. The number of rotatable bonds is 4. The average molecular weight is 353 g/mol. The molecule has 0 aliphatic carbocycles. The molecule has 0 spiro atoms. The number of hydrogen-bond donors (Lipinski definition) is 1. The Morgan fingerprint density at radius 2 is 1.79 bits per heavy atom. The van der Waals surface area contributed by atoms with Gasteiger partial charge in [0, 0.05) is 61.6 Å². The Morgan fingerprint density at radius 1 is 1.21 bits per heavy atom. The summed E-state index contributed by atoms with van der Waals surface area (Å²) in [5, 5.41) is 12.4. The van der Waals surface area contributed by atoms with Crippen molar-refractivity contribution in [2.75, 3.05) is 36.5 Å². The largest absolute Gasteiger partial charge is 0.368 e. The van der Waals surface area contributed by atoms with Gasteiger partial charge in [0.25, 0.3) is 5.56 Å². The molecule has 1 N–H and O–H groups in total. The molecule has 1 aromatic rings. The van der Waals surface area contributed by atoms with Crippen LogP contribution in [0.4, 0.5) is 5.82 Å². The zero-order chi connectivity index (χ0) is 18.1. The van der Waals surface area contributed by atoms with E-state index in [0.29, 0.717) is 18.1 Å². The van der Waals surface area contributed by atoms with Crippen molar-refractivity contribution in [1.29, 1.82) is 5.26 Å². The third-order valence-corrected chi connectivity index (χ3v) is 5.77. The first-order chi connectivity index (χ1) is 11.2. The standard InChI is InChI=1S/C15H23N5O3S/c1-15(2,20-5-7-24(23)8-6-20)10-17-12-11(9-16)13(21)19(4)14(22)18(12)3/h17H,5-8,10H2,1-4H3. The second-order valence-corrected chi connectivity index (χ2v) is 8.24. The summed E-state index contributed by atoms with van der Waals surface area (Å²) in [6.07, 6.45) is 0. The van der Waals surface area contributed by atoms with E-state index < -0.39 is 22.0 Å². The highest BCUT2D eigenvalue weighted by molar-refractivity contribution is 7.85. The molecule has 0 aromatic carbocycles. The van der Waals surface area contributed by atoms with Gasteiger partial charge in [0.2, 0.25) is 0 Å². The Bertz CT molecular complexity index is 808. The zero-order valence-electron chi connectivity index (χ0n) is 14.5. The fraction of sp³-hybridized carbons (Fsp3) is 0.667. The van der Waals surface area contributed by atoms with Gasteiger partial charge < -0.3 is 5.32 Å². The molecule has 24 heavy (non-hydrogen) atoms. The molecule has 1 aliphatic rings. The second-order valence-electron chi connectivity index (χ2n) is 6.54. The lowest BCUT2D eigenvalue weighted by Gasteiger charge is -2.41. The minimum Gasteiger partial charge on any atom is -0.368 e. The lowest BCUT2D eigenvalue weighted by molar-refractivity contribution is 0.145. The maximum atomic E-state index is 12.1. The van der Waals surface area contributed by atoms with Crippen LogP contribution < -0.4 is 16.6 Å². The lowest BCUT2D eigenvalue weighted by atomic mass is 10.0. The molecule has 2 rings (SSSR count). The van der Waals surface area contributed by atoms with Crippen molar-refractivity contribution >= 4 is 16.6 Å². The summed E-state index contributed by atoms with van der Waals surface area (Å²) >= 11 is 0. The van der Waals surface area contributed by atoms with Gasteiger partial charge in [-0.25, -0.2) is 4.79 Å². The number of anilines is 1. The molecular weight excluding hydrogens is 330 g/mol. The van der Waals surface area contributed by atoms with E-state index in [1.54, 1.807) is 0 Å². The molecule has 9 heteroatoms. The van der Waals surface area contributed by atoms with Crippen molar-refractivity contribution < 1.29 is 4.21 Å². The normalized spacial score (nSPS) is 16.8. The van der Waals surface area contributed by atoms with Crippen molar-refractivity contribution in [2.24, 2.45) is 14.1 Å². The first-order valence-corrected chi connectivity index (χ1v) is 9.22. The Hall–Kier alpha value is -1.92. The van der Waals surface area contributed by atoms with Crippen LogP contribution in [0, 0.1) is 11.3 Å². The second kappa shape index (κ2) is 6.91. The van der Waals surface area contributed by atoms with E-state index in [4.69, 9.17) is 0 Å². The maximum absolute atomic E-state index is 12.1. The minimum absolute atomic E-state index is 0.0739. The van der Waals surface area contributed by atoms with Gasteiger partial charge in [-0.2, -0.15) is 5.26 Å². The van der Waals surface area contributed by atoms with E-state index in [1.165, 1.54) is 18.7 Å². The van der Waals surface area contributed by atoms with Crippen LogP contribution in [0.15, 0.2) is 9.59 Å². The summed E-state index contributed by atoms with van der Waals surface area (Å²) in [6.45, 7) is 6.01. The van der Waals surface area contributed by atoms with Crippen LogP contribution in [-0.4, -0.2) is 54.9 Å². The molecule has 1 saturated heterocycles. The maximum Gasteiger partial charge on any atom is 0.332 e. The van der Waals surface area contributed by atoms with E-state index in [2.05, 4.69) is 10.2 Å². The van der Waals surface area contributed by atoms with Gasteiger partial charge in [0.15, 0.2) is 5.56 Å². The molecule has 1 aromatic heterocycles. The van der Waals surface area contributed by atoms with Gasteiger partial charge in [-0.1, -0.05) is 0 Å². The monoisotopic (exact) mass is 353 g/mol. The van der Waals surface area contributed by atoms with E-state index in [0.717, 1.165) is 17.7 Å². The number of nitrogens with one attached hydrogen (secondary N) is 1. The highest BCUT2D eigenvalue weighted by Gasteiger charge is 2.30. The molecule has 2 heterocycles. The number of aromatic nitrogens is 2. The van der Waals surface area contributed by atoms with Gasteiger partial charge >= 0.3 is 5.69 Å². The molecule has 0 unspecified atom stereocenters. The highest BCUT2D eigenvalue weighted by atomic mass is 32.2. The number of nitrogens with zero attached hydrogens (tertiary/aromatic N) is 4. The molecule has 0 saturated carbocycles. The number of hydrogen-bond acceptors (Lipinski definition) is 6. The molecule has 0 radical (unpaired) electrons. The lowest BCUT2D eigenvalue weighted by Crippen LogP contribution is -2.54. The summed E-state index contributed by atoms with van der Waals surface area (Å²) in [6, 6.07) is 1.88. The van der Waals surface area contributed by atoms with E-state index in [-0.39, 0.29) is 16.9 Å². The summed E-state index contributed by atoms with van der Waals surface area (Å²) < 4.78 is 13.7. The van der Waals surface area contributed by atoms with Crippen molar-refractivity contribution in [2.45, 2.75) is 19.4 Å². The van der Waals surface area contributed by atoms with Crippen LogP contribution in [0.3, 0.4) is 0 Å². The van der Waals surface area contributed by atoms with Crippen molar-refractivity contribution in [3.8, 4) is 6.07 Å². The van der Waals surface area contributed by atoms with Crippen molar-refractivity contribution in [3.63, 3.8) is 0 Å². The Labute approximate surface area is 143 Å². The number of nitriles is 1. The van der Waals surface area contributed by atoms with Gasteiger partial charge in [-0.05, 0) is 13.8 Å². The van der Waals surface area contributed by atoms with Crippen LogP contribution in [0.1, 0.15) is 19.4 Å². The molecule has 0 bridgehead atoms. The quantitative estimate of drug-likeness (QED) is 0.761. The van der Waals surface area contributed by atoms with Crippen LogP contribution in [0.5, 0.6) is 0 Å². The van der Waals surface area contributed by atoms with E-state index in [1.807, 2.05) is 19.9 Å². The fourth-order valence-corrected chi connectivity index (χ4v) is 3.86. The Morgan fingerprint density at radius 3 is 2.33 bits per heavy atom. The molecule has 1 fully saturated rings. The summed E-state index contributed by atoms with van der Waals surface area (Å²) in [7, 11) is 2.14.